The minimum absolute atomic E-state index is 0.646. The number of nitrogens with two attached hydrogens (primary N) is 1. The molecule has 0 spiro atoms. The van der Waals surface area contributed by atoms with Crippen molar-refractivity contribution in [3.63, 3.8) is 0 Å². The fraction of sp³-hybridized carbons (Fsp3) is 0.625. The van der Waals surface area contributed by atoms with Crippen molar-refractivity contribution in [3.05, 3.63) is 35.9 Å². The van der Waals surface area contributed by atoms with Gasteiger partial charge < -0.3 is 10.6 Å². The number of hydrogen-bond donors (Lipinski definition) is 1. The summed E-state index contributed by atoms with van der Waals surface area (Å²) in [5, 5.41) is 0. The lowest BCUT2D eigenvalue weighted by molar-refractivity contribution is 0.200. The number of rotatable bonds is 4. The van der Waals surface area contributed by atoms with E-state index in [-0.39, 0.29) is 0 Å². The van der Waals surface area contributed by atoms with Crippen LogP contribution in [0.3, 0.4) is 0 Å². The highest BCUT2D eigenvalue weighted by atomic mass is 15.2. The van der Waals surface area contributed by atoms with Gasteiger partial charge in [-0.05, 0) is 36.8 Å². The zero-order chi connectivity index (χ0) is 12.4. The molecule has 1 aromatic carbocycles. The lowest BCUT2D eigenvalue weighted by Gasteiger charge is -2.30. The highest BCUT2D eigenvalue weighted by molar-refractivity contribution is 5.22. The summed E-state index contributed by atoms with van der Waals surface area (Å²) in [4.78, 5) is 2.65. The Morgan fingerprint density at radius 1 is 1.11 bits per heavy atom. The van der Waals surface area contributed by atoms with Gasteiger partial charge in [0.05, 0.1) is 0 Å². The highest BCUT2D eigenvalue weighted by Crippen LogP contribution is 2.35. The molecule has 0 aromatic heterocycles. The summed E-state index contributed by atoms with van der Waals surface area (Å²) in [5.41, 5.74) is 7.45. The average Bonchev–Trinajstić information content (AvgIpc) is 2.78. The largest absolute Gasteiger partial charge is 0.330 e. The molecule has 18 heavy (non-hydrogen) atoms. The molecule has 0 bridgehead atoms. The van der Waals surface area contributed by atoms with Gasteiger partial charge in [0.1, 0.15) is 0 Å². The van der Waals surface area contributed by atoms with Gasteiger partial charge in [0.15, 0.2) is 0 Å². The maximum atomic E-state index is 5.97. The van der Waals surface area contributed by atoms with E-state index in [0.29, 0.717) is 11.8 Å². The van der Waals surface area contributed by atoms with Gasteiger partial charge in [0.2, 0.25) is 0 Å². The quantitative estimate of drug-likeness (QED) is 0.881. The van der Waals surface area contributed by atoms with Crippen LogP contribution in [-0.2, 0) is 0 Å². The second kappa shape index (κ2) is 5.41. The average molecular weight is 244 g/mol. The standard InChI is InChI=1S/C16H24N2/c17-9-15-11-18(10-13-5-4-6-13)12-16(15)14-7-2-1-3-8-14/h1-3,7-8,13,15-16H,4-6,9-12,17H2/t15-,16+/m1/s1. The Hall–Kier alpha value is -0.860. The Labute approximate surface area is 110 Å². The molecule has 2 heteroatoms. The SMILES string of the molecule is NC[C@@H]1CN(CC2CCC2)C[C@H]1c1ccccc1. The van der Waals surface area contributed by atoms with E-state index in [9.17, 15) is 0 Å². The van der Waals surface area contributed by atoms with Crippen LogP contribution in [0.2, 0.25) is 0 Å². The van der Waals surface area contributed by atoms with Crippen LogP contribution in [0.15, 0.2) is 30.3 Å². The Morgan fingerprint density at radius 3 is 2.50 bits per heavy atom. The minimum Gasteiger partial charge on any atom is -0.330 e. The maximum Gasteiger partial charge on any atom is 0.00541 e. The Bertz CT molecular complexity index is 372. The van der Waals surface area contributed by atoms with Crippen LogP contribution in [0.1, 0.15) is 30.7 Å². The molecule has 2 nitrogen and oxygen atoms in total. The summed E-state index contributed by atoms with van der Waals surface area (Å²) in [5.74, 6) is 2.27. The lowest BCUT2D eigenvalue weighted by atomic mass is 9.85. The molecule has 1 saturated heterocycles. The molecule has 1 aromatic rings. The van der Waals surface area contributed by atoms with E-state index in [4.69, 9.17) is 5.73 Å². The molecule has 3 rings (SSSR count). The van der Waals surface area contributed by atoms with E-state index in [1.807, 2.05) is 0 Å². The molecule has 0 radical (unpaired) electrons. The molecular formula is C16H24N2. The van der Waals surface area contributed by atoms with E-state index in [1.54, 1.807) is 0 Å². The van der Waals surface area contributed by atoms with E-state index < -0.39 is 0 Å². The molecule has 0 amide bonds. The van der Waals surface area contributed by atoms with Crippen molar-refractivity contribution < 1.29 is 0 Å². The van der Waals surface area contributed by atoms with Gasteiger partial charge in [-0.3, -0.25) is 0 Å². The molecule has 2 aliphatic rings. The van der Waals surface area contributed by atoms with Crippen LogP contribution in [0, 0.1) is 11.8 Å². The first-order valence-corrected chi connectivity index (χ1v) is 7.34. The number of benzene rings is 1. The first kappa shape index (κ1) is 12.2. The third kappa shape index (κ3) is 2.45. The fourth-order valence-electron chi connectivity index (χ4n) is 3.47. The number of hydrogen-bond acceptors (Lipinski definition) is 2. The first-order chi connectivity index (χ1) is 8.86. The Kier molecular flexibility index (Phi) is 3.67. The number of nitrogens with zero attached hydrogens (tertiary/aromatic N) is 1. The van der Waals surface area contributed by atoms with Crippen molar-refractivity contribution in [1.82, 2.24) is 4.90 Å². The predicted octanol–water partition coefficient (Wildman–Crippen LogP) is 2.46. The van der Waals surface area contributed by atoms with Crippen molar-refractivity contribution in [3.8, 4) is 0 Å². The van der Waals surface area contributed by atoms with Crippen LogP contribution in [0.25, 0.3) is 0 Å². The van der Waals surface area contributed by atoms with Gasteiger partial charge in [-0.25, -0.2) is 0 Å². The van der Waals surface area contributed by atoms with E-state index in [0.717, 1.165) is 12.5 Å². The molecule has 98 valence electrons. The first-order valence-electron chi connectivity index (χ1n) is 7.34. The fourth-order valence-corrected chi connectivity index (χ4v) is 3.47. The monoisotopic (exact) mass is 244 g/mol. The molecule has 1 heterocycles. The zero-order valence-corrected chi connectivity index (χ0v) is 11.1. The van der Waals surface area contributed by atoms with Crippen LogP contribution in [0.5, 0.6) is 0 Å². The molecule has 0 unspecified atom stereocenters. The molecule has 2 N–H and O–H groups in total. The van der Waals surface area contributed by atoms with Gasteiger partial charge in [-0.2, -0.15) is 0 Å². The lowest BCUT2D eigenvalue weighted by Crippen LogP contribution is -2.31. The van der Waals surface area contributed by atoms with Crippen LogP contribution < -0.4 is 5.73 Å². The summed E-state index contributed by atoms with van der Waals surface area (Å²) in [6.07, 6.45) is 4.33. The molecule has 2 fully saturated rings. The van der Waals surface area contributed by atoms with E-state index in [1.165, 1.54) is 44.5 Å². The van der Waals surface area contributed by atoms with Crippen molar-refractivity contribution in [2.75, 3.05) is 26.2 Å². The topological polar surface area (TPSA) is 29.3 Å². The van der Waals surface area contributed by atoms with E-state index >= 15 is 0 Å². The van der Waals surface area contributed by atoms with Gasteiger partial charge >= 0.3 is 0 Å². The van der Waals surface area contributed by atoms with Gasteiger partial charge in [-0.15, -0.1) is 0 Å². The predicted molar refractivity (Wildman–Crippen MR) is 75.5 cm³/mol. The molecule has 1 aliphatic heterocycles. The van der Waals surface area contributed by atoms with Crippen molar-refractivity contribution in [2.24, 2.45) is 17.6 Å². The summed E-state index contributed by atoms with van der Waals surface area (Å²) in [6, 6.07) is 10.9. The van der Waals surface area contributed by atoms with Crippen molar-refractivity contribution in [2.45, 2.75) is 25.2 Å². The summed E-state index contributed by atoms with van der Waals surface area (Å²) < 4.78 is 0. The Balaban J connectivity index is 1.66. The van der Waals surface area contributed by atoms with Crippen molar-refractivity contribution in [1.29, 1.82) is 0 Å². The third-order valence-corrected chi connectivity index (χ3v) is 4.79. The highest BCUT2D eigenvalue weighted by Gasteiger charge is 2.34. The summed E-state index contributed by atoms with van der Waals surface area (Å²) in [7, 11) is 0. The molecule has 1 saturated carbocycles. The second-order valence-electron chi connectivity index (χ2n) is 6.03. The number of likely N-dealkylation sites (tertiary alicyclic amines) is 1. The summed E-state index contributed by atoms with van der Waals surface area (Å²) in [6.45, 7) is 4.54. The van der Waals surface area contributed by atoms with Gasteiger partial charge in [0, 0.05) is 25.6 Å². The maximum absolute atomic E-state index is 5.97. The molecule has 1 aliphatic carbocycles. The summed E-state index contributed by atoms with van der Waals surface area (Å²) >= 11 is 0. The third-order valence-electron chi connectivity index (χ3n) is 4.79. The van der Waals surface area contributed by atoms with Crippen LogP contribution in [-0.4, -0.2) is 31.1 Å². The van der Waals surface area contributed by atoms with Crippen LogP contribution in [0.4, 0.5) is 0 Å². The van der Waals surface area contributed by atoms with Gasteiger partial charge in [0.25, 0.3) is 0 Å². The second-order valence-corrected chi connectivity index (χ2v) is 6.03. The van der Waals surface area contributed by atoms with Gasteiger partial charge in [-0.1, -0.05) is 36.8 Å². The minimum atomic E-state index is 0.646. The Morgan fingerprint density at radius 2 is 1.89 bits per heavy atom. The molecular weight excluding hydrogens is 220 g/mol. The van der Waals surface area contributed by atoms with Crippen molar-refractivity contribution >= 4 is 0 Å². The zero-order valence-electron chi connectivity index (χ0n) is 11.1. The molecule has 2 atom stereocenters. The van der Waals surface area contributed by atoms with Crippen LogP contribution >= 0.6 is 0 Å². The normalized spacial score (nSPS) is 29.4. The van der Waals surface area contributed by atoms with E-state index in [2.05, 4.69) is 35.2 Å². The smallest absolute Gasteiger partial charge is 0.00541 e.